The van der Waals surface area contributed by atoms with Gasteiger partial charge in [0.15, 0.2) is 6.61 Å². The molecule has 2 atom stereocenters. The molecular formula is C26H27F7N2O4. The Morgan fingerprint density at radius 2 is 1.51 bits per heavy atom. The van der Waals surface area contributed by atoms with Crippen molar-refractivity contribution in [2.45, 2.75) is 49.6 Å². The SMILES string of the molecule is COC(=O)c1ccc(CN2C[C@@H]3C[C@@H]2CN3Cc2ccc(OCC(F)(F)C(F)(F)C(F)(F)F)cc2)c(OC)c1. The van der Waals surface area contributed by atoms with E-state index in [4.69, 9.17) is 9.47 Å². The molecule has 39 heavy (non-hydrogen) atoms. The number of alkyl halides is 7. The van der Waals surface area contributed by atoms with E-state index in [1.165, 1.54) is 26.4 Å². The lowest BCUT2D eigenvalue weighted by molar-refractivity contribution is -0.358. The molecule has 2 fully saturated rings. The van der Waals surface area contributed by atoms with Gasteiger partial charge in [0.1, 0.15) is 11.5 Å². The number of hydrogen-bond acceptors (Lipinski definition) is 6. The number of piperazine rings is 1. The van der Waals surface area contributed by atoms with Crippen molar-refractivity contribution in [2.24, 2.45) is 0 Å². The van der Waals surface area contributed by atoms with Crippen molar-refractivity contribution in [3.8, 4) is 11.5 Å². The number of halogens is 7. The molecule has 0 aliphatic carbocycles. The molecule has 0 radical (unpaired) electrons. The summed E-state index contributed by atoms with van der Waals surface area (Å²) in [5, 5.41) is 0. The van der Waals surface area contributed by atoms with Crippen LogP contribution in [0, 0.1) is 0 Å². The van der Waals surface area contributed by atoms with Crippen LogP contribution in [-0.2, 0) is 17.8 Å². The second kappa shape index (κ2) is 10.8. The van der Waals surface area contributed by atoms with E-state index in [1.54, 1.807) is 24.3 Å². The molecule has 2 saturated heterocycles. The topological polar surface area (TPSA) is 51.2 Å². The fourth-order valence-electron chi connectivity index (χ4n) is 4.96. The Hall–Kier alpha value is -3.06. The van der Waals surface area contributed by atoms with E-state index < -0.39 is 30.6 Å². The Balaban J connectivity index is 1.30. The first-order chi connectivity index (χ1) is 18.3. The highest BCUT2D eigenvalue weighted by Crippen LogP contribution is 2.46. The summed E-state index contributed by atoms with van der Waals surface area (Å²) >= 11 is 0. The summed E-state index contributed by atoms with van der Waals surface area (Å²) in [5.41, 5.74) is 2.16. The van der Waals surface area contributed by atoms with E-state index in [0.717, 1.165) is 30.6 Å². The number of carbonyl (C=O) groups is 1. The van der Waals surface area contributed by atoms with Gasteiger partial charge in [-0.1, -0.05) is 18.2 Å². The van der Waals surface area contributed by atoms with Crippen molar-refractivity contribution >= 4 is 5.97 Å². The predicted molar refractivity (Wildman–Crippen MR) is 125 cm³/mol. The zero-order valence-corrected chi connectivity index (χ0v) is 21.1. The molecule has 6 nitrogen and oxygen atoms in total. The molecular weight excluding hydrogens is 537 g/mol. The second-order valence-electron chi connectivity index (χ2n) is 9.63. The summed E-state index contributed by atoms with van der Waals surface area (Å²) in [6, 6.07) is 11.4. The maximum Gasteiger partial charge on any atom is 0.460 e. The minimum atomic E-state index is -6.39. The van der Waals surface area contributed by atoms with Gasteiger partial charge in [-0.15, -0.1) is 0 Å². The van der Waals surface area contributed by atoms with Gasteiger partial charge in [0.2, 0.25) is 0 Å². The third kappa shape index (κ3) is 5.93. The van der Waals surface area contributed by atoms with Crippen LogP contribution in [-0.4, -0.2) is 79.8 Å². The van der Waals surface area contributed by atoms with Gasteiger partial charge in [0, 0.05) is 43.8 Å². The second-order valence-corrected chi connectivity index (χ2v) is 9.63. The van der Waals surface area contributed by atoms with Gasteiger partial charge in [0.05, 0.1) is 19.8 Å². The van der Waals surface area contributed by atoms with E-state index in [0.29, 0.717) is 30.4 Å². The molecule has 2 bridgehead atoms. The first-order valence-electron chi connectivity index (χ1n) is 12.0. The number of ether oxygens (including phenoxy) is 3. The van der Waals surface area contributed by atoms with E-state index in [2.05, 4.69) is 14.5 Å². The van der Waals surface area contributed by atoms with Crippen molar-refractivity contribution in [3.05, 3.63) is 59.2 Å². The number of carbonyl (C=O) groups excluding carboxylic acids is 1. The molecule has 0 amide bonds. The van der Waals surface area contributed by atoms with Gasteiger partial charge in [-0.3, -0.25) is 9.80 Å². The lowest BCUT2D eigenvalue weighted by Crippen LogP contribution is -2.54. The summed E-state index contributed by atoms with van der Waals surface area (Å²) in [6.45, 7) is 0.666. The lowest BCUT2D eigenvalue weighted by atomic mass is 10.1. The van der Waals surface area contributed by atoms with Gasteiger partial charge >= 0.3 is 24.0 Å². The third-order valence-electron chi connectivity index (χ3n) is 7.09. The van der Waals surface area contributed by atoms with Crippen LogP contribution in [0.25, 0.3) is 0 Å². The average molecular weight is 564 g/mol. The molecule has 13 heteroatoms. The number of fused-ring (bicyclic) bond motifs is 2. The van der Waals surface area contributed by atoms with Crippen molar-refractivity contribution in [3.63, 3.8) is 0 Å². The van der Waals surface area contributed by atoms with Gasteiger partial charge < -0.3 is 14.2 Å². The number of nitrogens with zero attached hydrogens (tertiary/aromatic N) is 2. The molecule has 0 unspecified atom stereocenters. The van der Waals surface area contributed by atoms with Crippen LogP contribution < -0.4 is 9.47 Å². The summed E-state index contributed by atoms with van der Waals surface area (Å²) < 4.78 is 105. The fraction of sp³-hybridized carbons (Fsp3) is 0.500. The van der Waals surface area contributed by atoms with E-state index in [1.807, 2.05) is 6.07 Å². The predicted octanol–water partition coefficient (Wildman–Crippen LogP) is 5.15. The normalized spacial score (nSPS) is 20.3. The van der Waals surface area contributed by atoms with Crippen LogP contribution in [0.2, 0.25) is 0 Å². The maximum atomic E-state index is 13.5. The van der Waals surface area contributed by atoms with Crippen molar-refractivity contribution < 1.29 is 49.7 Å². The highest BCUT2D eigenvalue weighted by molar-refractivity contribution is 5.89. The molecule has 0 N–H and O–H groups in total. The molecule has 0 saturated carbocycles. The molecule has 2 aliphatic rings. The Morgan fingerprint density at radius 1 is 0.897 bits per heavy atom. The van der Waals surface area contributed by atoms with Gasteiger partial charge in [-0.05, 0) is 36.2 Å². The first kappa shape index (κ1) is 28.9. The molecule has 214 valence electrons. The number of benzene rings is 2. The number of hydrogen-bond donors (Lipinski definition) is 0. The monoisotopic (exact) mass is 564 g/mol. The standard InChI is InChI=1S/C26H27F7N2O4/c1-37-22-9-17(23(36)38-2)5-6-18(22)12-35-14-19-10-20(35)13-34(19)11-16-3-7-21(8-4-16)39-15-24(27,28)25(29,30)26(31,32)33/h3-9,19-20H,10-15H2,1-2H3/t19-,20+/m0/s1. The number of likely N-dealkylation sites (tertiary alicyclic amines) is 2. The third-order valence-corrected chi connectivity index (χ3v) is 7.09. The molecule has 4 rings (SSSR count). The summed E-state index contributed by atoms with van der Waals surface area (Å²) in [4.78, 5) is 16.4. The van der Waals surface area contributed by atoms with Crippen molar-refractivity contribution in [1.82, 2.24) is 9.80 Å². The Kier molecular flexibility index (Phi) is 8.04. The van der Waals surface area contributed by atoms with Gasteiger partial charge in [-0.25, -0.2) is 4.79 Å². The van der Waals surface area contributed by atoms with Crippen LogP contribution in [0.3, 0.4) is 0 Å². The number of esters is 1. The summed E-state index contributed by atoms with van der Waals surface area (Å²) in [7, 11) is 2.85. The van der Waals surface area contributed by atoms with Crippen LogP contribution in [0.15, 0.2) is 42.5 Å². The highest BCUT2D eigenvalue weighted by atomic mass is 19.4. The molecule has 0 spiro atoms. The zero-order valence-electron chi connectivity index (χ0n) is 21.1. The number of rotatable bonds is 10. The quantitative estimate of drug-likeness (QED) is 0.294. The number of methoxy groups -OCH3 is 2. The Morgan fingerprint density at radius 3 is 2.05 bits per heavy atom. The van der Waals surface area contributed by atoms with Crippen LogP contribution in [0.4, 0.5) is 30.7 Å². The largest absolute Gasteiger partial charge is 0.496 e. The minimum absolute atomic E-state index is 0.238. The smallest absolute Gasteiger partial charge is 0.460 e. The van der Waals surface area contributed by atoms with Crippen LogP contribution >= 0.6 is 0 Å². The van der Waals surface area contributed by atoms with E-state index in [9.17, 15) is 35.5 Å². The van der Waals surface area contributed by atoms with Crippen LogP contribution in [0.5, 0.6) is 11.5 Å². The van der Waals surface area contributed by atoms with Crippen LogP contribution in [0.1, 0.15) is 27.9 Å². The fourth-order valence-corrected chi connectivity index (χ4v) is 4.96. The lowest BCUT2D eigenvalue weighted by Gasteiger charge is -2.34. The highest BCUT2D eigenvalue weighted by Gasteiger charge is 2.73. The maximum absolute atomic E-state index is 13.5. The molecule has 2 aromatic carbocycles. The zero-order chi connectivity index (χ0) is 28.6. The van der Waals surface area contributed by atoms with Gasteiger partial charge in [0.25, 0.3) is 0 Å². The molecule has 2 aromatic rings. The molecule has 2 aliphatic heterocycles. The Labute approximate surface area is 220 Å². The minimum Gasteiger partial charge on any atom is -0.496 e. The van der Waals surface area contributed by atoms with E-state index in [-0.39, 0.29) is 11.8 Å². The Bertz CT molecular complexity index is 1170. The van der Waals surface area contributed by atoms with Gasteiger partial charge in [-0.2, -0.15) is 30.7 Å². The molecule has 2 heterocycles. The van der Waals surface area contributed by atoms with Crippen molar-refractivity contribution in [2.75, 3.05) is 33.9 Å². The van der Waals surface area contributed by atoms with Crippen molar-refractivity contribution in [1.29, 1.82) is 0 Å². The molecule has 0 aromatic heterocycles. The first-order valence-corrected chi connectivity index (χ1v) is 12.0. The average Bonchev–Trinajstić information content (AvgIpc) is 3.47. The summed E-state index contributed by atoms with van der Waals surface area (Å²) in [5.74, 6) is -11.7. The van der Waals surface area contributed by atoms with E-state index >= 15 is 0 Å². The summed E-state index contributed by atoms with van der Waals surface area (Å²) in [6.07, 6.45) is -5.44.